The lowest BCUT2D eigenvalue weighted by atomic mass is 9.93. The van der Waals surface area contributed by atoms with E-state index >= 15 is 0 Å². The monoisotopic (exact) mass is 328 g/mol. The number of aryl methyl sites for hydroxylation is 2. The van der Waals surface area contributed by atoms with E-state index in [1.54, 1.807) is 24.5 Å². The van der Waals surface area contributed by atoms with E-state index in [2.05, 4.69) is 10.6 Å². The molecule has 0 saturated carbocycles. The standard InChI is InChI=1S/C18H20N2O4/c1-11-6-7-12(17(21)23-2)10-15(11)20-18(22)19-14-4-3-5-16-13(14)8-9-24-16/h6-10,14H,3-5H2,1-2H3,(H2,19,20,22). The van der Waals surface area contributed by atoms with Crippen molar-refractivity contribution in [1.29, 1.82) is 0 Å². The maximum atomic E-state index is 12.3. The molecule has 1 aliphatic carbocycles. The van der Waals surface area contributed by atoms with E-state index in [0.717, 1.165) is 36.1 Å². The molecular weight excluding hydrogens is 308 g/mol. The molecule has 1 aliphatic rings. The van der Waals surface area contributed by atoms with Crippen molar-refractivity contribution in [1.82, 2.24) is 5.32 Å². The second-order valence-corrected chi connectivity index (χ2v) is 5.86. The molecule has 0 radical (unpaired) electrons. The van der Waals surface area contributed by atoms with Crippen molar-refractivity contribution in [3.8, 4) is 0 Å². The smallest absolute Gasteiger partial charge is 0.337 e. The fourth-order valence-corrected chi connectivity index (χ4v) is 2.95. The SMILES string of the molecule is COC(=O)c1ccc(C)c(NC(=O)NC2CCCc3occc32)c1. The molecule has 0 aliphatic heterocycles. The van der Waals surface area contributed by atoms with Gasteiger partial charge in [-0.25, -0.2) is 9.59 Å². The first-order valence-electron chi connectivity index (χ1n) is 7.91. The minimum atomic E-state index is -0.436. The summed E-state index contributed by atoms with van der Waals surface area (Å²) in [4.78, 5) is 24.0. The van der Waals surface area contributed by atoms with E-state index in [1.165, 1.54) is 7.11 Å². The molecule has 126 valence electrons. The van der Waals surface area contributed by atoms with Crippen LogP contribution in [-0.4, -0.2) is 19.1 Å². The molecule has 1 aromatic carbocycles. The van der Waals surface area contributed by atoms with Gasteiger partial charge in [-0.3, -0.25) is 0 Å². The van der Waals surface area contributed by atoms with Crippen LogP contribution in [0.1, 0.15) is 46.1 Å². The van der Waals surface area contributed by atoms with E-state index in [-0.39, 0.29) is 12.1 Å². The lowest BCUT2D eigenvalue weighted by Crippen LogP contribution is -2.34. The Morgan fingerprint density at radius 2 is 2.12 bits per heavy atom. The van der Waals surface area contributed by atoms with Gasteiger partial charge < -0.3 is 19.8 Å². The largest absolute Gasteiger partial charge is 0.469 e. The second-order valence-electron chi connectivity index (χ2n) is 5.86. The third-order valence-corrected chi connectivity index (χ3v) is 4.26. The number of rotatable bonds is 3. The van der Waals surface area contributed by atoms with Gasteiger partial charge in [0.1, 0.15) is 5.76 Å². The van der Waals surface area contributed by atoms with Crippen molar-refractivity contribution in [2.75, 3.05) is 12.4 Å². The number of hydrogen-bond donors (Lipinski definition) is 2. The van der Waals surface area contributed by atoms with E-state index in [1.807, 2.05) is 13.0 Å². The van der Waals surface area contributed by atoms with Crippen molar-refractivity contribution < 1.29 is 18.7 Å². The van der Waals surface area contributed by atoms with Crippen LogP contribution in [0.15, 0.2) is 34.9 Å². The summed E-state index contributed by atoms with van der Waals surface area (Å²) in [6.07, 6.45) is 4.42. The minimum absolute atomic E-state index is 0.0587. The van der Waals surface area contributed by atoms with E-state index in [0.29, 0.717) is 11.3 Å². The second kappa shape index (κ2) is 6.78. The number of esters is 1. The van der Waals surface area contributed by atoms with Crippen LogP contribution < -0.4 is 10.6 Å². The third-order valence-electron chi connectivity index (χ3n) is 4.26. The number of urea groups is 1. The maximum Gasteiger partial charge on any atom is 0.337 e. The average molecular weight is 328 g/mol. The van der Waals surface area contributed by atoms with Gasteiger partial charge in [-0.15, -0.1) is 0 Å². The number of benzene rings is 1. The van der Waals surface area contributed by atoms with Crippen LogP contribution in [0.2, 0.25) is 0 Å². The summed E-state index contributed by atoms with van der Waals surface area (Å²) in [6, 6.07) is 6.60. The van der Waals surface area contributed by atoms with Gasteiger partial charge >= 0.3 is 12.0 Å². The fourth-order valence-electron chi connectivity index (χ4n) is 2.95. The molecule has 3 rings (SSSR count). The summed E-state index contributed by atoms with van der Waals surface area (Å²) < 4.78 is 10.1. The highest BCUT2D eigenvalue weighted by Gasteiger charge is 2.24. The topological polar surface area (TPSA) is 80.6 Å². The number of furan rings is 1. The van der Waals surface area contributed by atoms with E-state index in [4.69, 9.17) is 9.15 Å². The minimum Gasteiger partial charge on any atom is -0.469 e. The highest BCUT2D eigenvalue weighted by Crippen LogP contribution is 2.30. The highest BCUT2D eigenvalue weighted by molar-refractivity contribution is 5.94. The molecule has 1 aromatic heterocycles. The zero-order chi connectivity index (χ0) is 17.1. The number of ether oxygens (including phenoxy) is 1. The molecule has 24 heavy (non-hydrogen) atoms. The summed E-state index contributed by atoms with van der Waals surface area (Å²) in [6.45, 7) is 1.87. The Balaban J connectivity index is 1.71. The summed E-state index contributed by atoms with van der Waals surface area (Å²) in [5.41, 5.74) is 2.88. The molecule has 1 unspecified atom stereocenters. The van der Waals surface area contributed by atoms with E-state index < -0.39 is 5.97 Å². The number of fused-ring (bicyclic) bond motifs is 1. The Kier molecular flexibility index (Phi) is 4.55. The van der Waals surface area contributed by atoms with Crippen LogP contribution in [0.25, 0.3) is 0 Å². The van der Waals surface area contributed by atoms with Gasteiger partial charge in [0.25, 0.3) is 0 Å². The van der Waals surface area contributed by atoms with Gasteiger partial charge in [0.05, 0.1) is 25.0 Å². The summed E-state index contributed by atoms with van der Waals surface area (Å²) in [7, 11) is 1.33. The number of methoxy groups -OCH3 is 1. The van der Waals surface area contributed by atoms with Gasteiger partial charge in [0, 0.05) is 17.7 Å². The van der Waals surface area contributed by atoms with Crippen LogP contribution in [0, 0.1) is 6.92 Å². The van der Waals surface area contributed by atoms with Crippen LogP contribution in [0.5, 0.6) is 0 Å². The zero-order valence-electron chi connectivity index (χ0n) is 13.7. The predicted molar refractivity (Wildman–Crippen MR) is 89.1 cm³/mol. The van der Waals surface area contributed by atoms with E-state index in [9.17, 15) is 9.59 Å². The number of carbonyl (C=O) groups is 2. The van der Waals surface area contributed by atoms with Crippen LogP contribution >= 0.6 is 0 Å². The van der Waals surface area contributed by atoms with Gasteiger partial charge in [-0.05, 0) is 43.5 Å². The van der Waals surface area contributed by atoms with Crippen molar-refractivity contribution in [2.24, 2.45) is 0 Å². The highest BCUT2D eigenvalue weighted by atomic mass is 16.5. The molecule has 1 heterocycles. The Morgan fingerprint density at radius 1 is 1.29 bits per heavy atom. The van der Waals surface area contributed by atoms with Crippen molar-refractivity contribution in [3.63, 3.8) is 0 Å². The first-order valence-corrected chi connectivity index (χ1v) is 7.91. The molecule has 0 spiro atoms. The molecule has 0 fully saturated rings. The molecule has 1 atom stereocenters. The zero-order valence-corrected chi connectivity index (χ0v) is 13.7. The number of nitrogens with one attached hydrogen (secondary N) is 2. The molecule has 2 amide bonds. The Bertz CT molecular complexity index is 766. The maximum absolute atomic E-state index is 12.3. The summed E-state index contributed by atoms with van der Waals surface area (Å²) in [5, 5.41) is 5.78. The predicted octanol–water partition coefficient (Wildman–Crippen LogP) is 3.57. The van der Waals surface area contributed by atoms with Crippen LogP contribution in [0.3, 0.4) is 0 Å². The number of amides is 2. The van der Waals surface area contributed by atoms with Crippen molar-refractivity contribution in [2.45, 2.75) is 32.2 Å². The molecule has 0 bridgehead atoms. The van der Waals surface area contributed by atoms with Gasteiger partial charge in [0.2, 0.25) is 0 Å². The fraction of sp³-hybridized carbons (Fsp3) is 0.333. The van der Waals surface area contributed by atoms with Gasteiger partial charge in [-0.1, -0.05) is 6.07 Å². The van der Waals surface area contributed by atoms with Crippen molar-refractivity contribution >= 4 is 17.7 Å². The van der Waals surface area contributed by atoms with Gasteiger partial charge in [-0.2, -0.15) is 0 Å². The third kappa shape index (κ3) is 3.27. The first kappa shape index (κ1) is 16.1. The molecular formula is C18H20N2O4. The Hall–Kier alpha value is -2.76. The first-order chi connectivity index (χ1) is 11.6. The summed E-state index contributed by atoms with van der Waals surface area (Å²) in [5.74, 6) is 0.504. The van der Waals surface area contributed by atoms with Gasteiger partial charge in [0.15, 0.2) is 0 Å². The van der Waals surface area contributed by atoms with Crippen molar-refractivity contribution in [3.05, 3.63) is 53.0 Å². The number of carbonyl (C=O) groups excluding carboxylic acids is 2. The molecule has 6 nitrogen and oxygen atoms in total. The molecule has 2 aromatic rings. The Labute approximate surface area is 140 Å². The molecule has 0 saturated heterocycles. The lowest BCUT2D eigenvalue weighted by Gasteiger charge is -2.23. The quantitative estimate of drug-likeness (QED) is 0.844. The summed E-state index contributed by atoms with van der Waals surface area (Å²) >= 11 is 0. The molecule has 2 N–H and O–H groups in total. The molecule has 6 heteroatoms. The van der Waals surface area contributed by atoms with Crippen LogP contribution in [0.4, 0.5) is 10.5 Å². The Morgan fingerprint density at radius 3 is 2.92 bits per heavy atom. The number of hydrogen-bond acceptors (Lipinski definition) is 4. The normalized spacial score (nSPS) is 16.2. The van der Waals surface area contributed by atoms with Crippen LogP contribution in [-0.2, 0) is 11.2 Å². The lowest BCUT2D eigenvalue weighted by molar-refractivity contribution is 0.0600. The average Bonchev–Trinajstić information content (AvgIpc) is 3.06. The number of anilines is 1.